The lowest BCUT2D eigenvalue weighted by atomic mass is 10.1. The van der Waals surface area contributed by atoms with E-state index < -0.39 is 23.8 Å². The molecule has 1 aromatic carbocycles. The lowest BCUT2D eigenvalue weighted by Crippen LogP contribution is -2.47. The molecule has 0 saturated carbocycles. The third kappa shape index (κ3) is 5.06. The molecular weight excluding hydrogens is 406 g/mol. The zero-order valence-corrected chi connectivity index (χ0v) is 17.5. The van der Waals surface area contributed by atoms with Crippen LogP contribution >= 0.6 is 11.3 Å². The number of nitrogens with one attached hydrogen (secondary N) is 3. The summed E-state index contributed by atoms with van der Waals surface area (Å²) < 4.78 is 10.7. The van der Waals surface area contributed by atoms with Crippen LogP contribution in [0.1, 0.15) is 38.3 Å². The van der Waals surface area contributed by atoms with Crippen LogP contribution in [-0.2, 0) is 4.79 Å². The Labute approximate surface area is 177 Å². The van der Waals surface area contributed by atoms with Crippen LogP contribution in [0, 0.1) is 13.8 Å². The molecule has 3 aromatic rings. The lowest BCUT2D eigenvalue weighted by Gasteiger charge is -2.17. The summed E-state index contributed by atoms with van der Waals surface area (Å²) in [4.78, 5) is 36.8. The molecule has 0 spiro atoms. The fourth-order valence-electron chi connectivity index (χ4n) is 2.49. The Morgan fingerprint density at radius 1 is 1.00 bits per heavy atom. The van der Waals surface area contributed by atoms with Crippen molar-refractivity contribution in [2.24, 2.45) is 0 Å². The van der Waals surface area contributed by atoms with Crippen molar-refractivity contribution in [3.63, 3.8) is 0 Å². The van der Waals surface area contributed by atoms with Crippen molar-refractivity contribution in [1.29, 1.82) is 0 Å². The number of hydrogen-bond donors (Lipinski definition) is 3. The number of aryl methyl sites for hydroxylation is 1. The van der Waals surface area contributed by atoms with E-state index in [1.807, 2.05) is 26.0 Å². The highest BCUT2D eigenvalue weighted by Crippen LogP contribution is 2.23. The molecule has 9 heteroatoms. The van der Waals surface area contributed by atoms with E-state index in [9.17, 15) is 14.4 Å². The van der Waals surface area contributed by atoms with Gasteiger partial charge in [0.2, 0.25) is 0 Å². The van der Waals surface area contributed by atoms with Gasteiger partial charge in [-0.15, -0.1) is 11.3 Å². The summed E-state index contributed by atoms with van der Waals surface area (Å²) in [5, 5.41) is 3.11. The molecule has 1 atom stereocenters. The van der Waals surface area contributed by atoms with E-state index in [0.29, 0.717) is 15.6 Å². The highest BCUT2D eigenvalue weighted by atomic mass is 32.1. The molecule has 0 unspecified atom stereocenters. The van der Waals surface area contributed by atoms with E-state index in [2.05, 4.69) is 16.2 Å². The van der Waals surface area contributed by atoms with Gasteiger partial charge in [-0.05, 0) is 62.2 Å². The Bertz CT molecular complexity index is 1060. The summed E-state index contributed by atoms with van der Waals surface area (Å²) in [6, 6.07) is 11.9. The third-order valence-corrected chi connectivity index (χ3v) is 5.34. The van der Waals surface area contributed by atoms with Crippen molar-refractivity contribution in [2.45, 2.75) is 26.9 Å². The van der Waals surface area contributed by atoms with Gasteiger partial charge in [0.15, 0.2) is 11.9 Å². The van der Waals surface area contributed by atoms with E-state index >= 15 is 0 Å². The standard InChI is InChI=1S/C21H21N3O5S/c1-12-6-4-7-15(13(12)2)29-14(3)19(25)23-24-21(27)17-9-10-18(30-17)22-20(26)16-8-5-11-28-16/h4-11,14H,1-3H3,(H,22,26)(H,23,25)(H,24,27)/t14-/m1/s1. The fourth-order valence-corrected chi connectivity index (χ4v) is 3.28. The van der Waals surface area contributed by atoms with E-state index in [1.165, 1.54) is 12.3 Å². The van der Waals surface area contributed by atoms with Crippen molar-refractivity contribution >= 4 is 34.1 Å². The predicted octanol–water partition coefficient (Wildman–Crippen LogP) is 3.44. The fraction of sp³-hybridized carbons (Fsp3) is 0.190. The first kappa shape index (κ1) is 21.1. The molecule has 0 aliphatic carbocycles. The number of anilines is 1. The van der Waals surface area contributed by atoms with Crippen LogP contribution in [0.3, 0.4) is 0 Å². The maximum Gasteiger partial charge on any atom is 0.291 e. The highest BCUT2D eigenvalue weighted by Gasteiger charge is 2.18. The monoisotopic (exact) mass is 427 g/mol. The van der Waals surface area contributed by atoms with Gasteiger partial charge in [0.25, 0.3) is 17.7 Å². The topological polar surface area (TPSA) is 110 Å². The molecule has 0 saturated heterocycles. The Balaban J connectivity index is 1.51. The molecule has 0 fully saturated rings. The quantitative estimate of drug-likeness (QED) is 0.522. The van der Waals surface area contributed by atoms with Crippen LogP contribution in [0.5, 0.6) is 5.75 Å². The van der Waals surface area contributed by atoms with E-state index in [1.54, 1.807) is 31.2 Å². The number of amides is 3. The zero-order valence-electron chi connectivity index (χ0n) is 16.6. The minimum Gasteiger partial charge on any atom is -0.481 e. The van der Waals surface area contributed by atoms with Crippen LogP contribution < -0.4 is 20.9 Å². The van der Waals surface area contributed by atoms with Crippen molar-refractivity contribution in [1.82, 2.24) is 10.9 Å². The SMILES string of the molecule is Cc1cccc(O[C@H](C)C(=O)NNC(=O)c2ccc(NC(=O)c3ccco3)s2)c1C. The van der Waals surface area contributed by atoms with E-state index in [-0.39, 0.29) is 5.76 Å². The molecular formula is C21H21N3O5S. The van der Waals surface area contributed by atoms with E-state index in [4.69, 9.17) is 9.15 Å². The van der Waals surface area contributed by atoms with Gasteiger partial charge in [-0.25, -0.2) is 0 Å². The molecule has 0 aliphatic rings. The molecule has 3 N–H and O–H groups in total. The molecule has 8 nitrogen and oxygen atoms in total. The minimum absolute atomic E-state index is 0.166. The maximum absolute atomic E-state index is 12.3. The molecule has 3 amide bonds. The van der Waals surface area contributed by atoms with Crippen molar-refractivity contribution in [3.8, 4) is 5.75 Å². The number of rotatable bonds is 6. The second-order valence-corrected chi connectivity index (χ2v) is 7.58. The Morgan fingerprint density at radius 3 is 2.53 bits per heavy atom. The van der Waals surface area contributed by atoms with Gasteiger partial charge in [-0.2, -0.15) is 0 Å². The van der Waals surface area contributed by atoms with E-state index in [0.717, 1.165) is 22.5 Å². The summed E-state index contributed by atoms with van der Waals surface area (Å²) in [5.41, 5.74) is 6.70. The third-order valence-electron chi connectivity index (χ3n) is 4.34. The predicted molar refractivity (Wildman–Crippen MR) is 113 cm³/mol. The van der Waals surface area contributed by atoms with Gasteiger partial charge in [-0.1, -0.05) is 12.1 Å². The average Bonchev–Trinajstić information content (AvgIpc) is 3.41. The summed E-state index contributed by atoms with van der Waals surface area (Å²) in [6.45, 7) is 5.46. The Kier molecular flexibility index (Phi) is 6.53. The number of furan rings is 1. The van der Waals surface area contributed by atoms with Crippen LogP contribution in [0.4, 0.5) is 5.00 Å². The lowest BCUT2D eigenvalue weighted by molar-refractivity contribution is -0.128. The van der Waals surface area contributed by atoms with Gasteiger partial charge < -0.3 is 14.5 Å². The van der Waals surface area contributed by atoms with Gasteiger partial charge in [-0.3, -0.25) is 25.2 Å². The number of carbonyl (C=O) groups excluding carboxylic acids is 3. The molecule has 3 rings (SSSR count). The molecule has 2 aromatic heterocycles. The number of hydrazine groups is 1. The maximum atomic E-state index is 12.3. The van der Waals surface area contributed by atoms with Crippen LogP contribution in [0.15, 0.2) is 53.1 Å². The molecule has 0 aliphatic heterocycles. The number of ether oxygens (including phenoxy) is 1. The molecule has 0 bridgehead atoms. The summed E-state index contributed by atoms with van der Waals surface area (Å²) in [6.07, 6.45) is 0.591. The van der Waals surface area contributed by atoms with Crippen molar-refractivity contribution in [2.75, 3.05) is 5.32 Å². The smallest absolute Gasteiger partial charge is 0.291 e. The first-order valence-electron chi connectivity index (χ1n) is 9.13. The molecule has 0 radical (unpaired) electrons. The van der Waals surface area contributed by atoms with Crippen molar-refractivity contribution in [3.05, 3.63) is 70.5 Å². The molecule has 2 heterocycles. The highest BCUT2D eigenvalue weighted by molar-refractivity contribution is 7.18. The summed E-state index contributed by atoms with van der Waals surface area (Å²) in [7, 11) is 0. The van der Waals surface area contributed by atoms with Gasteiger partial charge >= 0.3 is 0 Å². The number of benzene rings is 1. The first-order valence-corrected chi connectivity index (χ1v) is 9.94. The van der Waals surface area contributed by atoms with Crippen LogP contribution in [-0.4, -0.2) is 23.8 Å². The molecule has 156 valence electrons. The Hall–Kier alpha value is -3.59. The summed E-state index contributed by atoms with van der Waals surface area (Å²) >= 11 is 1.06. The van der Waals surface area contributed by atoms with Gasteiger partial charge in [0, 0.05) is 0 Å². The van der Waals surface area contributed by atoms with Crippen LogP contribution in [0.2, 0.25) is 0 Å². The zero-order chi connectivity index (χ0) is 21.7. The van der Waals surface area contributed by atoms with Crippen molar-refractivity contribution < 1.29 is 23.5 Å². The number of thiophene rings is 1. The first-order chi connectivity index (χ1) is 14.3. The number of hydrogen-bond acceptors (Lipinski definition) is 6. The second-order valence-electron chi connectivity index (χ2n) is 6.50. The number of carbonyl (C=O) groups is 3. The average molecular weight is 427 g/mol. The summed E-state index contributed by atoms with van der Waals surface area (Å²) in [5.74, 6) is -0.642. The van der Waals surface area contributed by atoms with Gasteiger partial charge in [0.05, 0.1) is 16.1 Å². The normalized spacial score (nSPS) is 11.4. The van der Waals surface area contributed by atoms with Crippen LogP contribution in [0.25, 0.3) is 0 Å². The Morgan fingerprint density at radius 2 is 1.80 bits per heavy atom. The molecule has 30 heavy (non-hydrogen) atoms. The minimum atomic E-state index is -0.808. The second kappa shape index (κ2) is 9.27. The van der Waals surface area contributed by atoms with Gasteiger partial charge in [0.1, 0.15) is 5.75 Å². The largest absolute Gasteiger partial charge is 0.481 e.